The van der Waals surface area contributed by atoms with Gasteiger partial charge in [-0.2, -0.15) is 0 Å². The predicted molar refractivity (Wildman–Crippen MR) is 68.5 cm³/mol. The van der Waals surface area contributed by atoms with Gasteiger partial charge in [0.25, 0.3) is 5.91 Å². The van der Waals surface area contributed by atoms with E-state index in [9.17, 15) is 4.79 Å². The van der Waals surface area contributed by atoms with Crippen molar-refractivity contribution in [3.8, 4) is 0 Å². The first kappa shape index (κ1) is 12.0. The zero-order chi connectivity index (χ0) is 12.6. The van der Waals surface area contributed by atoms with Gasteiger partial charge in [0.15, 0.2) is 5.76 Å². The number of nitrogens with zero attached hydrogens (tertiary/aromatic N) is 1. The molecule has 2 rings (SSSR count). The van der Waals surface area contributed by atoms with Crippen LogP contribution in [-0.2, 0) is 0 Å². The molecule has 0 aliphatic rings. The lowest BCUT2D eigenvalue weighted by Crippen LogP contribution is -2.32. The van der Waals surface area contributed by atoms with Crippen LogP contribution in [-0.4, -0.2) is 23.9 Å². The first-order valence-corrected chi connectivity index (χ1v) is 5.83. The average molecular weight is 252 g/mol. The largest absolute Gasteiger partial charge is 0.451 e. The number of hydrogen-bond donors (Lipinski definition) is 0. The SMILES string of the molecule is CC(C)N(C)C(=O)c1cc2cc(Cl)ccc2o1. The van der Waals surface area contributed by atoms with Crippen molar-refractivity contribution in [3.63, 3.8) is 0 Å². The van der Waals surface area contributed by atoms with Gasteiger partial charge in [0.1, 0.15) is 5.58 Å². The maximum absolute atomic E-state index is 12.0. The van der Waals surface area contributed by atoms with Crippen molar-refractivity contribution in [1.29, 1.82) is 0 Å². The fourth-order valence-corrected chi connectivity index (χ4v) is 1.71. The summed E-state index contributed by atoms with van der Waals surface area (Å²) in [6, 6.07) is 7.16. The van der Waals surface area contributed by atoms with E-state index < -0.39 is 0 Å². The van der Waals surface area contributed by atoms with Gasteiger partial charge in [-0.1, -0.05) is 11.6 Å². The van der Waals surface area contributed by atoms with Gasteiger partial charge in [-0.3, -0.25) is 4.79 Å². The van der Waals surface area contributed by atoms with Crippen molar-refractivity contribution < 1.29 is 9.21 Å². The molecule has 0 aliphatic heterocycles. The topological polar surface area (TPSA) is 33.5 Å². The molecular weight excluding hydrogens is 238 g/mol. The third kappa shape index (κ3) is 2.29. The quantitative estimate of drug-likeness (QED) is 0.818. The fraction of sp³-hybridized carbons (Fsp3) is 0.308. The van der Waals surface area contributed by atoms with Crippen LogP contribution in [0.5, 0.6) is 0 Å². The van der Waals surface area contributed by atoms with Crippen LogP contribution in [0.1, 0.15) is 24.4 Å². The minimum atomic E-state index is -0.118. The highest BCUT2D eigenvalue weighted by atomic mass is 35.5. The molecule has 3 nitrogen and oxygen atoms in total. The number of hydrogen-bond acceptors (Lipinski definition) is 2. The maximum atomic E-state index is 12.0. The van der Waals surface area contributed by atoms with Crippen LogP contribution >= 0.6 is 11.6 Å². The Morgan fingerprint density at radius 3 is 2.71 bits per heavy atom. The number of benzene rings is 1. The number of fused-ring (bicyclic) bond motifs is 1. The van der Waals surface area contributed by atoms with E-state index in [1.165, 1.54) is 0 Å². The van der Waals surface area contributed by atoms with Crippen LogP contribution in [0.4, 0.5) is 0 Å². The Morgan fingerprint density at radius 1 is 1.35 bits per heavy atom. The first-order valence-electron chi connectivity index (χ1n) is 5.45. The molecule has 0 bridgehead atoms. The molecule has 1 aromatic heterocycles. The normalized spacial score (nSPS) is 11.1. The van der Waals surface area contributed by atoms with Crippen molar-refractivity contribution >= 4 is 28.5 Å². The molecule has 0 radical (unpaired) electrons. The molecule has 0 spiro atoms. The lowest BCUT2D eigenvalue weighted by Gasteiger charge is -2.19. The lowest BCUT2D eigenvalue weighted by molar-refractivity contribution is 0.0725. The summed E-state index contributed by atoms with van der Waals surface area (Å²) in [5, 5.41) is 1.48. The summed E-state index contributed by atoms with van der Waals surface area (Å²) >= 11 is 5.88. The maximum Gasteiger partial charge on any atom is 0.289 e. The van der Waals surface area contributed by atoms with Crippen LogP contribution in [0.15, 0.2) is 28.7 Å². The Bertz CT molecular complexity index is 560. The molecule has 1 aromatic carbocycles. The summed E-state index contributed by atoms with van der Waals surface area (Å²) in [5.41, 5.74) is 0.676. The van der Waals surface area contributed by atoms with Crippen LogP contribution in [0.25, 0.3) is 11.0 Å². The van der Waals surface area contributed by atoms with E-state index in [0.717, 1.165) is 5.39 Å². The van der Waals surface area contributed by atoms with E-state index in [-0.39, 0.29) is 11.9 Å². The zero-order valence-corrected chi connectivity index (χ0v) is 10.8. The summed E-state index contributed by atoms with van der Waals surface area (Å²) in [6.07, 6.45) is 0. The molecule has 0 atom stereocenters. The van der Waals surface area contributed by atoms with Crippen LogP contribution < -0.4 is 0 Å². The monoisotopic (exact) mass is 251 g/mol. The highest BCUT2D eigenvalue weighted by molar-refractivity contribution is 6.31. The van der Waals surface area contributed by atoms with Crippen molar-refractivity contribution in [2.45, 2.75) is 19.9 Å². The minimum absolute atomic E-state index is 0.118. The van der Waals surface area contributed by atoms with Crippen LogP contribution in [0.2, 0.25) is 5.02 Å². The molecule has 0 fully saturated rings. The van der Waals surface area contributed by atoms with Gasteiger partial charge in [-0.15, -0.1) is 0 Å². The molecule has 1 amide bonds. The van der Waals surface area contributed by atoms with Crippen molar-refractivity contribution in [3.05, 3.63) is 35.0 Å². The van der Waals surface area contributed by atoms with E-state index in [1.807, 2.05) is 13.8 Å². The molecule has 90 valence electrons. The average Bonchev–Trinajstić information content (AvgIpc) is 2.69. The second-order valence-electron chi connectivity index (χ2n) is 4.30. The van der Waals surface area contributed by atoms with Gasteiger partial charge in [0, 0.05) is 23.5 Å². The molecular formula is C13H14ClNO2. The summed E-state index contributed by atoms with van der Waals surface area (Å²) in [5.74, 6) is 0.228. The van der Waals surface area contributed by atoms with E-state index in [1.54, 1.807) is 36.2 Å². The summed E-state index contributed by atoms with van der Waals surface area (Å²) in [7, 11) is 1.76. The summed E-state index contributed by atoms with van der Waals surface area (Å²) in [6.45, 7) is 3.91. The van der Waals surface area contributed by atoms with E-state index in [0.29, 0.717) is 16.4 Å². The second-order valence-corrected chi connectivity index (χ2v) is 4.74. The van der Waals surface area contributed by atoms with Gasteiger partial charge >= 0.3 is 0 Å². The third-order valence-corrected chi connectivity index (χ3v) is 3.02. The molecule has 0 aliphatic carbocycles. The number of rotatable bonds is 2. The second kappa shape index (κ2) is 4.41. The number of amides is 1. The Kier molecular flexibility index (Phi) is 3.11. The molecule has 0 saturated carbocycles. The molecule has 1 heterocycles. The fourth-order valence-electron chi connectivity index (χ4n) is 1.53. The predicted octanol–water partition coefficient (Wildman–Crippen LogP) is 3.57. The van der Waals surface area contributed by atoms with Crippen LogP contribution in [0, 0.1) is 0 Å². The van der Waals surface area contributed by atoms with Crippen LogP contribution in [0.3, 0.4) is 0 Å². The Balaban J connectivity index is 2.40. The van der Waals surface area contributed by atoms with Gasteiger partial charge in [0.2, 0.25) is 0 Å². The van der Waals surface area contributed by atoms with Gasteiger partial charge in [-0.05, 0) is 38.1 Å². The Labute approximate surface area is 105 Å². The third-order valence-electron chi connectivity index (χ3n) is 2.78. The standard InChI is InChI=1S/C13H14ClNO2/c1-8(2)15(3)13(16)12-7-9-6-10(14)4-5-11(9)17-12/h4-8H,1-3H3. The van der Waals surface area contributed by atoms with E-state index in [2.05, 4.69) is 0 Å². The van der Waals surface area contributed by atoms with Crippen molar-refractivity contribution in [1.82, 2.24) is 4.90 Å². The van der Waals surface area contributed by atoms with Gasteiger partial charge in [0.05, 0.1) is 0 Å². The first-order chi connectivity index (χ1) is 7.99. The number of carbonyl (C=O) groups excluding carboxylic acids is 1. The highest BCUT2D eigenvalue weighted by Crippen LogP contribution is 2.23. The summed E-state index contributed by atoms with van der Waals surface area (Å²) in [4.78, 5) is 13.7. The smallest absolute Gasteiger partial charge is 0.289 e. The van der Waals surface area contributed by atoms with Gasteiger partial charge < -0.3 is 9.32 Å². The van der Waals surface area contributed by atoms with E-state index >= 15 is 0 Å². The number of furan rings is 1. The van der Waals surface area contributed by atoms with Gasteiger partial charge in [-0.25, -0.2) is 0 Å². The molecule has 0 N–H and O–H groups in total. The minimum Gasteiger partial charge on any atom is -0.451 e. The molecule has 4 heteroatoms. The molecule has 2 aromatic rings. The molecule has 0 saturated heterocycles. The summed E-state index contributed by atoms with van der Waals surface area (Å²) < 4.78 is 5.51. The molecule has 0 unspecified atom stereocenters. The Morgan fingerprint density at radius 2 is 2.06 bits per heavy atom. The van der Waals surface area contributed by atoms with Crippen molar-refractivity contribution in [2.24, 2.45) is 0 Å². The Hall–Kier alpha value is -1.48. The number of halogens is 1. The molecule has 17 heavy (non-hydrogen) atoms. The van der Waals surface area contributed by atoms with Crippen molar-refractivity contribution in [2.75, 3.05) is 7.05 Å². The highest BCUT2D eigenvalue weighted by Gasteiger charge is 2.18. The van der Waals surface area contributed by atoms with E-state index in [4.69, 9.17) is 16.0 Å². The number of carbonyl (C=O) groups is 1. The zero-order valence-electron chi connectivity index (χ0n) is 10.0. The lowest BCUT2D eigenvalue weighted by atomic mass is 10.2.